The van der Waals surface area contributed by atoms with Gasteiger partial charge in [-0.2, -0.15) is 0 Å². The first-order valence-corrected chi connectivity index (χ1v) is 6.19. The van der Waals surface area contributed by atoms with Gasteiger partial charge in [-0.05, 0) is 36.5 Å². The second kappa shape index (κ2) is 4.54. The lowest BCUT2D eigenvalue weighted by molar-refractivity contribution is 0.221. The third-order valence-electron chi connectivity index (χ3n) is 3.88. The summed E-state index contributed by atoms with van der Waals surface area (Å²) in [4.78, 5) is 0. The summed E-state index contributed by atoms with van der Waals surface area (Å²) < 4.78 is 12.9. The Morgan fingerprint density at radius 2 is 2.06 bits per heavy atom. The van der Waals surface area contributed by atoms with E-state index in [0.29, 0.717) is 0 Å². The van der Waals surface area contributed by atoms with Crippen LogP contribution in [0.25, 0.3) is 0 Å². The maximum atomic E-state index is 12.9. The summed E-state index contributed by atoms with van der Waals surface area (Å²) in [5, 5.41) is 0. The summed E-state index contributed by atoms with van der Waals surface area (Å²) in [7, 11) is 0. The van der Waals surface area contributed by atoms with Gasteiger partial charge in [-0.3, -0.25) is 0 Å². The normalized spacial score (nSPS) is 30.3. The van der Waals surface area contributed by atoms with E-state index in [1.165, 1.54) is 31.4 Å². The highest BCUT2D eigenvalue weighted by Crippen LogP contribution is 2.39. The third-order valence-corrected chi connectivity index (χ3v) is 3.88. The maximum absolute atomic E-state index is 12.9. The molecule has 1 aromatic carbocycles. The molecule has 16 heavy (non-hydrogen) atoms. The molecular formula is C14H20FN. The zero-order valence-electron chi connectivity index (χ0n) is 9.88. The van der Waals surface area contributed by atoms with Crippen LogP contribution in [0.15, 0.2) is 24.3 Å². The third kappa shape index (κ3) is 2.27. The van der Waals surface area contributed by atoms with Crippen molar-refractivity contribution in [2.24, 2.45) is 11.7 Å². The molecule has 1 aliphatic carbocycles. The molecule has 1 aliphatic rings. The van der Waals surface area contributed by atoms with Gasteiger partial charge in [-0.25, -0.2) is 4.39 Å². The number of hydrogen-bond donors (Lipinski definition) is 1. The van der Waals surface area contributed by atoms with E-state index in [9.17, 15) is 4.39 Å². The largest absolute Gasteiger partial charge is 0.321 e. The van der Waals surface area contributed by atoms with E-state index in [4.69, 9.17) is 5.73 Å². The molecule has 0 aliphatic heterocycles. The number of halogens is 1. The number of nitrogens with two attached hydrogens (primary N) is 1. The van der Waals surface area contributed by atoms with Crippen LogP contribution >= 0.6 is 0 Å². The van der Waals surface area contributed by atoms with Gasteiger partial charge in [0.2, 0.25) is 0 Å². The molecule has 0 aromatic heterocycles. The van der Waals surface area contributed by atoms with Gasteiger partial charge in [0.1, 0.15) is 5.82 Å². The molecule has 2 atom stereocenters. The van der Waals surface area contributed by atoms with E-state index >= 15 is 0 Å². The van der Waals surface area contributed by atoms with E-state index < -0.39 is 0 Å². The molecule has 88 valence electrons. The van der Waals surface area contributed by atoms with E-state index in [0.717, 1.165) is 24.3 Å². The second-order valence-corrected chi connectivity index (χ2v) is 5.03. The Bertz CT molecular complexity index is 346. The summed E-state index contributed by atoms with van der Waals surface area (Å²) in [6.07, 6.45) is 5.73. The van der Waals surface area contributed by atoms with Crippen molar-refractivity contribution in [2.45, 2.75) is 44.6 Å². The Balaban J connectivity index is 2.20. The van der Waals surface area contributed by atoms with Crippen molar-refractivity contribution in [3.63, 3.8) is 0 Å². The summed E-state index contributed by atoms with van der Waals surface area (Å²) in [5.41, 5.74) is 7.33. The van der Waals surface area contributed by atoms with Crippen LogP contribution in [-0.4, -0.2) is 0 Å². The molecule has 1 aromatic rings. The summed E-state index contributed by atoms with van der Waals surface area (Å²) in [6, 6.07) is 6.71. The molecule has 1 nitrogen and oxygen atoms in total. The quantitative estimate of drug-likeness (QED) is 0.811. The van der Waals surface area contributed by atoms with Crippen molar-refractivity contribution in [3.8, 4) is 0 Å². The average Bonchev–Trinajstić information content (AvgIpc) is 2.29. The minimum absolute atomic E-state index is 0.185. The zero-order valence-corrected chi connectivity index (χ0v) is 9.88. The van der Waals surface area contributed by atoms with E-state index in [2.05, 4.69) is 6.92 Å². The van der Waals surface area contributed by atoms with Crippen LogP contribution in [0.3, 0.4) is 0 Å². The average molecular weight is 221 g/mol. The van der Waals surface area contributed by atoms with Gasteiger partial charge >= 0.3 is 0 Å². The predicted octanol–water partition coefficient (Wildman–Crippen LogP) is 3.58. The molecule has 0 amide bonds. The first-order valence-electron chi connectivity index (χ1n) is 6.19. The molecule has 2 rings (SSSR count). The standard InChI is InChI=1S/C14H20FN/c1-2-11-4-3-9-14(16,10-11)12-5-7-13(15)8-6-12/h5-8,11H,2-4,9-10,16H2,1H3. The van der Waals surface area contributed by atoms with Gasteiger partial charge in [0, 0.05) is 5.54 Å². The smallest absolute Gasteiger partial charge is 0.123 e. The van der Waals surface area contributed by atoms with Gasteiger partial charge in [-0.15, -0.1) is 0 Å². The van der Waals surface area contributed by atoms with E-state index in [1.54, 1.807) is 0 Å². The highest BCUT2D eigenvalue weighted by molar-refractivity contribution is 5.25. The fourth-order valence-corrected chi connectivity index (χ4v) is 2.82. The lowest BCUT2D eigenvalue weighted by atomic mass is 9.72. The summed E-state index contributed by atoms with van der Waals surface area (Å²) in [5.74, 6) is 0.541. The summed E-state index contributed by atoms with van der Waals surface area (Å²) >= 11 is 0. The van der Waals surface area contributed by atoms with Crippen LogP contribution in [0.5, 0.6) is 0 Å². The van der Waals surface area contributed by atoms with Gasteiger partial charge < -0.3 is 5.73 Å². The monoisotopic (exact) mass is 221 g/mol. The molecule has 0 spiro atoms. The lowest BCUT2D eigenvalue weighted by Crippen LogP contribution is -2.41. The first-order chi connectivity index (χ1) is 7.64. The highest BCUT2D eigenvalue weighted by atomic mass is 19.1. The Kier molecular flexibility index (Phi) is 3.29. The molecule has 0 saturated heterocycles. The van der Waals surface area contributed by atoms with Crippen molar-refractivity contribution < 1.29 is 4.39 Å². The molecule has 1 saturated carbocycles. The topological polar surface area (TPSA) is 26.0 Å². The second-order valence-electron chi connectivity index (χ2n) is 5.03. The van der Waals surface area contributed by atoms with Crippen LogP contribution in [0.1, 0.15) is 44.6 Å². The predicted molar refractivity (Wildman–Crippen MR) is 64.5 cm³/mol. The Labute approximate surface area is 96.9 Å². The molecule has 0 radical (unpaired) electrons. The van der Waals surface area contributed by atoms with Gasteiger partial charge in [0.15, 0.2) is 0 Å². The Morgan fingerprint density at radius 1 is 1.38 bits per heavy atom. The van der Waals surface area contributed by atoms with E-state index in [1.807, 2.05) is 12.1 Å². The highest BCUT2D eigenvalue weighted by Gasteiger charge is 2.33. The fraction of sp³-hybridized carbons (Fsp3) is 0.571. The lowest BCUT2D eigenvalue weighted by Gasteiger charge is -2.38. The molecule has 2 unspecified atom stereocenters. The van der Waals surface area contributed by atoms with Crippen LogP contribution in [0, 0.1) is 11.7 Å². The SMILES string of the molecule is CCC1CCCC(N)(c2ccc(F)cc2)C1. The molecule has 2 heteroatoms. The molecule has 0 heterocycles. The molecule has 0 bridgehead atoms. The van der Waals surface area contributed by atoms with Crippen molar-refractivity contribution >= 4 is 0 Å². The van der Waals surface area contributed by atoms with Crippen LogP contribution in [0.4, 0.5) is 4.39 Å². The molecule has 1 fully saturated rings. The number of rotatable bonds is 2. The van der Waals surface area contributed by atoms with Crippen LogP contribution < -0.4 is 5.73 Å². The van der Waals surface area contributed by atoms with E-state index in [-0.39, 0.29) is 11.4 Å². The maximum Gasteiger partial charge on any atom is 0.123 e. The number of hydrogen-bond acceptors (Lipinski definition) is 1. The zero-order chi connectivity index (χ0) is 11.6. The van der Waals surface area contributed by atoms with Gasteiger partial charge in [0.05, 0.1) is 0 Å². The summed E-state index contributed by atoms with van der Waals surface area (Å²) in [6.45, 7) is 2.22. The first kappa shape index (κ1) is 11.6. The van der Waals surface area contributed by atoms with Crippen molar-refractivity contribution in [1.82, 2.24) is 0 Å². The van der Waals surface area contributed by atoms with Crippen molar-refractivity contribution in [1.29, 1.82) is 0 Å². The van der Waals surface area contributed by atoms with Gasteiger partial charge in [0.25, 0.3) is 0 Å². The molecular weight excluding hydrogens is 201 g/mol. The van der Waals surface area contributed by atoms with Crippen LogP contribution in [0.2, 0.25) is 0 Å². The van der Waals surface area contributed by atoms with Crippen molar-refractivity contribution in [2.75, 3.05) is 0 Å². The molecule has 2 N–H and O–H groups in total. The Hall–Kier alpha value is -0.890. The van der Waals surface area contributed by atoms with Crippen molar-refractivity contribution in [3.05, 3.63) is 35.6 Å². The Morgan fingerprint density at radius 3 is 2.69 bits per heavy atom. The minimum Gasteiger partial charge on any atom is -0.321 e. The fourth-order valence-electron chi connectivity index (χ4n) is 2.82. The minimum atomic E-state index is -0.230. The number of benzene rings is 1. The van der Waals surface area contributed by atoms with Gasteiger partial charge in [-0.1, -0.05) is 38.3 Å². The van der Waals surface area contributed by atoms with Crippen LogP contribution in [-0.2, 0) is 5.54 Å².